The molecule has 28 heavy (non-hydrogen) atoms. The Morgan fingerprint density at radius 3 is 1.64 bits per heavy atom. The maximum Gasteiger partial charge on any atom is 0.142 e. The first kappa shape index (κ1) is 21.9. The maximum absolute atomic E-state index is 6.02. The summed E-state index contributed by atoms with van der Waals surface area (Å²) in [6.45, 7) is 2.26. The third-order valence-corrected chi connectivity index (χ3v) is 5.42. The summed E-state index contributed by atoms with van der Waals surface area (Å²) in [5.41, 5.74) is 15.8. The molecule has 4 N–H and O–H groups in total. The molecule has 0 unspecified atom stereocenters. The first-order valence-corrected chi connectivity index (χ1v) is 10.5. The molecule has 0 fully saturated rings. The van der Waals surface area contributed by atoms with Crippen LogP contribution in [0.3, 0.4) is 0 Å². The highest BCUT2D eigenvalue weighted by Gasteiger charge is 2.17. The van der Waals surface area contributed by atoms with Crippen LogP contribution in [0, 0.1) is 0 Å². The summed E-state index contributed by atoms with van der Waals surface area (Å²) in [6.07, 6.45) is 10.2. The smallest absolute Gasteiger partial charge is 0.142 e. The SMILES string of the molecule is CCCCCCCCCC(c1ccc(N)c(OC)c1)c1ccc(N)c(OC)c1. The van der Waals surface area contributed by atoms with E-state index in [0.717, 1.165) is 17.9 Å². The van der Waals surface area contributed by atoms with Crippen molar-refractivity contribution in [3.63, 3.8) is 0 Å². The summed E-state index contributed by atoms with van der Waals surface area (Å²) < 4.78 is 10.9. The lowest BCUT2D eigenvalue weighted by atomic mass is 9.86. The van der Waals surface area contributed by atoms with E-state index >= 15 is 0 Å². The number of unbranched alkanes of at least 4 members (excludes halogenated alkanes) is 6. The van der Waals surface area contributed by atoms with Crippen LogP contribution in [0.15, 0.2) is 36.4 Å². The monoisotopic (exact) mass is 384 g/mol. The van der Waals surface area contributed by atoms with Gasteiger partial charge in [0.2, 0.25) is 0 Å². The number of ether oxygens (including phenoxy) is 2. The van der Waals surface area contributed by atoms with Gasteiger partial charge >= 0.3 is 0 Å². The van der Waals surface area contributed by atoms with E-state index in [4.69, 9.17) is 20.9 Å². The largest absolute Gasteiger partial charge is 0.495 e. The van der Waals surface area contributed by atoms with Gasteiger partial charge in [-0.2, -0.15) is 0 Å². The average molecular weight is 385 g/mol. The molecule has 2 aromatic rings. The number of anilines is 2. The number of rotatable bonds is 12. The minimum absolute atomic E-state index is 0.264. The van der Waals surface area contributed by atoms with Gasteiger partial charge in [0.25, 0.3) is 0 Å². The molecule has 0 aliphatic rings. The van der Waals surface area contributed by atoms with Crippen molar-refractivity contribution in [1.82, 2.24) is 0 Å². The molecule has 0 radical (unpaired) electrons. The van der Waals surface area contributed by atoms with Crippen molar-refractivity contribution in [3.8, 4) is 11.5 Å². The lowest BCUT2D eigenvalue weighted by Gasteiger charge is -2.20. The van der Waals surface area contributed by atoms with Gasteiger partial charge in [0.15, 0.2) is 0 Å². The normalized spacial score (nSPS) is 11.0. The zero-order valence-corrected chi connectivity index (χ0v) is 17.7. The summed E-state index contributed by atoms with van der Waals surface area (Å²) in [5, 5.41) is 0. The van der Waals surface area contributed by atoms with Crippen LogP contribution in [-0.4, -0.2) is 14.2 Å². The molecule has 0 amide bonds. The molecule has 2 aromatic carbocycles. The number of nitrogen functional groups attached to an aromatic ring is 2. The number of benzene rings is 2. The van der Waals surface area contributed by atoms with Gasteiger partial charge in [-0.3, -0.25) is 0 Å². The topological polar surface area (TPSA) is 70.5 Å². The van der Waals surface area contributed by atoms with Gasteiger partial charge in [-0.1, -0.05) is 64.0 Å². The molecule has 0 heterocycles. The lowest BCUT2D eigenvalue weighted by Crippen LogP contribution is -2.04. The molecule has 0 atom stereocenters. The van der Waals surface area contributed by atoms with Crippen molar-refractivity contribution < 1.29 is 9.47 Å². The number of methoxy groups -OCH3 is 2. The highest BCUT2D eigenvalue weighted by atomic mass is 16.5. The molecule has 0 spiro atoms. The van der Waals surface area contributed by atoms with Crippen molar-refractivity contribution in [2.75, 3.05) is 25.7 Å². The third-order valence-electron chi connectivity index (χ3n) is 5.42. The van der Waals surface area contributed by atoms with Crippen LogP contribution < -0.4 is 20.9 Å². The van der Waals surface area contributed by atoms with E-state index in [2.05, 4.69) is 31.2 Å². The van der Waals surface area contributed by atoms with Gasteiger partial charge in [-0.25, -0.2) is 0 Å². The van der Waals surface area contributed by atoms with Crippen molar-refractivity contribution in [2.45, 2.75) is 64.2 Å². The second-order valence-corrected chi connectivity index (χ2v) is 7.47. The molecular formula is C24H36N2O2. The molecule has 154 valence electrons. The second-order valence-electron chi connectivity index (χ2n) is 7.47. The summed E-state index contributed by atoms with van der Waals surface area (Å²) in [4.78, 5) is 0. The molecule has 0 aliphatic heterocycles. The van der Waals surface area contributed by atoms with Gasteiger partial charge < -0.3 is 20.9 Å². The van der Waals surface area contributed by atoms with Crippen LogP contribution in [0.5, 0.6) is 11.5 Å². The number of hydrogen-bond acceptors (Lipinski definition) is 4. The molecule has 2 rings (SSSR count). The fourth-order valence-electron chi connectivity index (χ4n) is 3.72. The van der Waals surface area contributed by atoms with E-state index < -0.39 is 0 Å². The lowest BCUT2D eigenvalue weighted by molar-refractivity contribution is 0.415. The average Bonchev–Trinajstić information content (AvgIpc) is 2.71. The Kier molecular flexibility index (Phi) is 8.99. The molecule has 0 saturated heterocycles. The Balaban J connectivity index is 2.16. The van der Waals surface area contributed by atoms with Gasteiger partial charge in [0.05, 0.1) is 25.6 Å². The fourth-order valence-corrected chi connectivity index (χ4v) is 3.72. The Morgan fingerprint density at radius 1 is 0.714 bits per heavy atom. The van der Waals surface area contributed by atoms with Crippen molar-refractivity contribution in [2.24, 2.45) is 0 Å². The number of nitrogens with two attached hydrogens (primary N) is 2. The third kappa shape index (κ3) is 6.08. The molecule has 4 nitrogen and oxygen atoms in total. The van der Waals surface area contributed by atoms with E-state index in [0.29, 0.717) is 11.4 Å². The Morgan fingerprint density at radius 2 is 1.18 bits per heavy atom. The molecule has 0 bridgehead atoms. The van der Waals surface area contributed by atoms with E-state index in [-0.39, 0.29) is 5.92 Å². The highest BCUT2D eigenvalue weighted by Crippen LogP contribution is 2.36. The van der Waals surface area contributed by atoms with E-state index in [1.54, 1.807) is 14.2 Å². The molecule has 4 heteroatoms. The zero-order valence-electron chi connectivity index (χ0n) is 17.7. The number of hydrogen-bond donors (Lipinski definition) is 2. The standard InChI is InChI=1S/C24H36N2O2/c1-4-5-6-7-8-9-10-11-20(18-12-14-21(25)23(16-18)27-2)19-13-15-22(26)24(17-19)28-3/h12-17,20H,4-11,25-26H2,1-3H3. The van der Waals surface area contributed by atoms with Gasteiger partial charge in [0.1, 0.15) is 11.5 Å². The van der Waals surface area contributed by atoms with Crippen LogP contribution in [0.1, 0.15) is 75.3 Å². The van der Waals surface area contributed by atoms with Crippen LogP contribution in [-0.2, 0) is 0 Å². The summed E-state index contributed by atoms with van der Waals surface area (Å²) in [5.74, 6) is 1.72. The van der Waals surface area contributed by atoms with Crippen LogP contribution in [0.2, 0.25) is 0 Å². The Bertz CT molecular complexity index is 677. The van der Waals surface area contributed by atoms with Crippen molar-refractivity contribution >= 4 is 11.4 Å². The zero-order chi connectivity index (χ0) is 20.4. The van der Waals surface area contributed by atoms with Crippen molar-refractivity contribution in [1.29, 1.82) is 0 Å². The van der Waals surface area contributed by atoms with E-state index in [1.165, 1.54) is 56.1 Å². The maximum atomic E-state index is 6.02. The second kappa shape index (κ2) is 11.5. The fraction of sp³-hybridized carbons (Fsp3) is 0.500. The molecule has 0 aliphatic carbocycles. The predicted octanol–water partition coefficient (Wildman–Crippen LogP) is 6.14. The van der Waals surface area contributed by atoms with Gasteiger partial charge in [0, 0.05) is 5.92 Å². The van der Waals surface area contributed by atoms with Crippen LogP contribution >= 0.6 is 0 Å². The first-order valence-electron chi connectivity index (χ1n) is 10.5. The Hall–Kier alpha value is -2.36. The summed E-state index contributed by atoms with van der Waals surface area (Å²) >= 11 is 0. The molecular weight excluding hydrogens is 348 g/mol. The van der Waals surface area contributed by atoms with Gasteiger partial charge in [-0.05, 0) is 41.8 Å². The minimum Gasteiger partial charge on any atom is -0.495 e. The highest BCUT2D eigenvalue weighted by molar-refractivity contribution is 5.58. The minimum atomic E-state index is 0.264. The molecule has 0 aromatic heterocycles. The van der Waals surface area contributed by atoms with Crippen molar-refractivity contribution in [3.05, 3.63) is 47.5 Å². The quantitative estimate of drug-likeness (QED) is 0.340. The summed E-state index contributed by atoms with van der Waals surface area (Å²) in [7, 11) is 3.32. The summed E-state index contributed by atoms with van der Waals surface area (Å²) in [6, 6.07) is 12.2. The van der Waals surface area contributed by atoms with Crippen LogP contribution in [0.25, 0.3) is 0 Å². The first-order chi connectivity index (χ1) is 13.6. The molecule has 0 saturated carbocycles. The van der Waals surface area contributed by atoms with E-state index in [1.807, 2.05) is 12.1 Å². The van der Waals surface area contributed by atoms with E-state index in [9.17, 15) is 0 Å². The van der Waals surface area contributed by atoms with Gasteiger partial charge in [-0.15, -0.1) is 0 Å². The van der Waals surface area contributed by atoms with Crippen LogP contribution in [0.4, 0.5) is 11.4 Å². The Labute approximate surface area is 170 Å². The predicted molar refractivity (Wildman–Crippen MR) is 119 cm³/mol.